The molecular formula is C26H21BrN6O2S2. The molecular weight excluding hydrogens is 572 g/mol. The molecule has 0 saturated carbocycles. The van der Waals surface area contributed by atoms with E-state index in [1.807, 2.05) is 43.3 Å². The van der Waals surface area contributed by atoms with Crippen molar-refractivity contribution in [2.75, 3.05) is 15.8 Å². The summed E-state index contributed by atoms with van der Waals surface area (Å²) in [6, 6.07) is 23.1. The molecule has 0 aliphatic carbocycles. The van der Waals surface area contributed by atoms with Crippen molar-refractivity contribution < 1.29 is 8.42 Å². The summed E-state index contributed by atoms with van der Waals surface area (Å²) in [4.78, 5) is 15.0. The number of nitrogens with zero attached hydrogens (tertiary/aromatic N) is 3. The van der Waals surface area contributed by atoms with Gasteiger partial charge in [0.1, 0.15) is 12.1 Å². The van der Waals surface area contributed by atoms with Gasteiger partial charge >= 0.3 is 0 Å². The SMILES string of the molecule is Cc1ccc2c(Nc3cc(S(=O)(=O)Nc4ccc(Br)cc4)ccc3Sc3ccc(N)cc3)ncnc2n1. The van der Waals surface area contributed by atoms with E-state index >= 15 is 0 Å². The Morgan fingerprint density at radius 1 is 0.919 bits per heavy atom. The van der Waals surface area contributed by atoms with Gasteiger partial charge in [-0.05, 0) is 85.8 Å². The van der Waals surface area contributed by atoms with Gasteiger partial charge in [-0.3, -0.25) is 4.72 Å². The Kier molecular flexibility index (Phi) is 7.00. The summed E-state index contributed by atoms with van der Waals surface area (Å²) in [5.74, 6) is 0.520. The van der Waals surface area contributed by atoms with E-state index in [1.54, 1.807) is 42.5 Å². The molecule has 0 spiro atoms. The second-order valence-electron chi connectivity index (χ2n) is 8.11. The van der Waals surface area contributed by atoms with Gasteiger partial charge in [0.05, 0.1) is 16.0 Å². The number of sulfonamides is 1. The maximum atomic E-state index is 13.2. The summed E-state index contributed by atoms with van der Waals surface area (Å²) in [6.45, 7) is 1.89. The van der Waals surface area contributed by atoms with Crippen LogP contribution in [0.3, 0.4) is 0 Å². The highest BCUT2D eigenvalue weighted by Gasteiger charge is 2.18. The lowest BCUT2D eigenvalue weighted by molar-refractivity contribution is 0.601. The molecule has 2 heterocycles. The van der Waals surface area contributed by atoms with Crippen LogP contribution in [0.4, 0.5) is 22.9 Å². The maximum Gasteiger partial charge on any atom is 0.261 e. The van der Waals surface area contributed by atoms with E-state index in [4.69, 9.17) is 5.73 Å². The summed E-state index contributed by atoms with van der Waals surface area (Å²) in [7, 11) is -3.86. The molecule has 3 aromatic carbocycles. The number of nitrogens with two attached hydrogens (primary N) is 1. The first-order valence-electron chi connectivity index (χ1n) is 11.1. The third-order valence-electron chi connectivity index (χ3n) is 5.36. The molecule has 11 heteroatoms. The standard InChI is InChI=1S/C26H21BrN6O2S2/c1-16-2-12-22-25(31-16)29-15-30-26(22)32-23-14-21(37(34,35)33-19-7-3-17(27)4-8-19)11-13-24(23)36-20-9-5-18(28)6-10-20/h2-15,33H,28H2,1H3,(H,29,30,31,32). The Balaban J connectivity index is 1.55. The zero-order valence-electron chi connectivity index (χ0n) is 19.5. The summed E-state index contributed by atoms with van der Waals surface area (Å²) >= 11 is 4.84. The van der Waals surface area contributed by atoms with E-state index in [2.05, 4.69) is 40.9 Å². The normalized spacial score (nSPS) is 11.4. The molecule has 0 amide bonds. The fraction of sp³-hybridized carbons (Fsp3) is 0.0385. The second-order valence-corrected chi connectivity index (χ2v) is 11.8. The molecule has 0 bridgehead atoms. The third-order valence-corrected chi connectivity index (χ3v) is 8.35. The smallest absolute Gasteiger partial charge is 0.261 e. The van der Waals surface area contributed by atoms with Crippen LogP contribution >= 0.6 is 27.7 Å². The number of aryl methyl sites for hydroxylation is 1. The first-order chi connectivity index (χ1) is 17.8. The van der Waals surface area contributed by atoms with Gasteiger partial charge in [0.15, 0.2) is 5.65 Å². The van der Waals surface area contributed by atoms with Crippen molar-refractivity contribution in [1.82, 2.24) is 15.0 Å². The number of benzene rings is 3. The highest BCUT2D eigenvalue weighted by Crippen LogP contribution is 2.37. The molecule has 0 aliphatic heterocycles. The first-order valence-corrected chi connectivity index (χ1v) is 14.2. The van der Waals surface area contributed by atoms with Crippen molar-refractivity contribution in [3.63, 3.8) is 0 Å². The van der Waals surface area contributed by atoms with Gasteiger partial charge in [-0.15, -0.1) is 0 Å². The van der Waals surface area contributed by atoms with Crippen LogP contribution in [0, 0.1) is 6.92 Å². The van der Waals surface area contributed by atoms with Crippen LogP contribution in [0.25, 0.3) is 11.0 Å². The van der Waals surface area contributed by atoms with Crippen molar-refractivity contribution >= 4 is 71.6 Å². The molecule has 0 fully saturated rings. The number of aromatic nitrogens is 3. The number of fused-ring (bicyclic) bond motifs is 1. The highest BCUT2D eigenvalue weighted by atomic mass is 79.9. The van der Waals surface area contributed by atoms with Crippen molar-refractivity contribution in [2.45, 2.75) is 21.6 Å². The van der Waals surface area contributed by atoms with E-state index in [0.717, 1.165) is 25.3 Å². The van der Waals surface area contributed by atoms with Gasteiger partial charge in [0.25, 0.3) is 10.0 Å². The lowest BCUT2D eigenvalue weighted by atomic mass is 10.2. The van der Waals surface area contributed by atoms with Crippen molar-refractivity contribution in [2.24, 2.45) is 0 Å². The lowest BCUT2D eigenvalue weighted by Gasteiger charge is -2.15. The summed E-state index contributed by atoms with van der Waals surface area (Å²) < 4.78 is 30.0. The topological polar surface area (TPSA) is 123 Å². The van der Waals surface area contributed by atoms with Crippen LogP contribution in [0.2, 0.25) is 0 Å². The van der Waals surface area contributed by atoms with Crippen LogP contribution in [-0.4, -0.2) is 23.4 Å². The van der Waals surface area contributed by atoms with Gasteiger partial charge in [0.2, 0.25) is 0 Å². The molecule has 0 radical (unpaired) electrons. The minimum absolute atomic E-state index is 0.104. The molecule has 8 nitrogen and oxygen atoms in total. The Hall–Kier alpha value is -3.67. The third kappa shape index (κ3) is 5.85. The van der Waals surface area contributed by atoms with E-state index in [1.165, 1.54) is 18.1 Å². The molecule has 0 unspecified atom stereocenters. The minimum atomic E-state index is -3.86. The van der Waals surface area contributed by atoms with Gasteiger partial charge in [0, 0.05) is 31.3 Å². The number of hydrogen-bond donors (Lipinski definition) is 3. The van der Waals surface area contributed by atoms with E-state index < -0.39 is 10.0 Å². The van der Waals surface area contributed by atoms with Gasteiger partial charge in [-0.1, -0.05) is 27.7 Å². The molecule has 5 rings (SSSR count). The largest absolute Gasteiger partial charge is 0.399 e. The van der Waals surface area contributed by atoms with Crippen LogP contribution in [0.5, 0.6) is 0 Å². The van der Waals surface area contributed by atoms with Crippen LogP contribution < -0.4 is 15.8 Å². The van der Waals surface area contributed by atoms with Crippen molar-refractivity contribution in [3.8, 4) is 0 Å². The number of halogens is 1. The Bertz CT molecular complexity index is 1700. The van der Waals surface area contributed by atoms with Gasteiger partial charge in [-0.2, -0.15) is 0 Å². The van der Waals surface area contributed by atoms with E-state index in [9.17, 15) is 8.42 Å². The number of anilines is 4. The first kappa shape index (κ1) is 25.0. The van der Waals surface area contributed by atoms with Gasteiger partial charge in [-0.25, -0.2) is 23.4 Å². The van der Waals surface area contributed by atoms with Crippen LogP contribution in [0.1, 0.15) is 5.69 Å². The highest BCUT2D eigenvalue weighted by molar-refractivity contribution is 9.10. The summed E-state index contributed by atoms with van der Waals surface area (Å²) in [6.07, 6.45) is 1.43. The number of pyridine rings is 1. The summed E-state index contributed by atoms with van der Waals surface area (Å²) in [5.41, 5.74) is 8.92. The number of hydrogen-bond acceptors (Lipinski definition) is 8. The fourth-order valence-corrected chi connectivity index (χ4v) is 5.75. The Morgan fingerprint density at radius 3 is 2.43 bits per heavy atom. The fourth-order valence-electron chi connectivity index (χ4n) is 3.52. The van der Waals surface area contributed by atoms with Crippen LogP contribution in [-0.2, 0) is 10.0 Å². The molecule has 0 saturated heterocycles. The minimum Gasteiger partial charge on any atom is -0.399 e. The van der Waals surface area contributed by atoms with Crippen molar-refractivity contribution in [3.05, 3.63) is 95.4 Å². The quantitative estimate of drug-likeness (QED) is 0.186. The number of rotatable bonds is 7. The number of nitrogen functional groups attached to an aromatic ring is 1. The zero-order chi connectivity index (χ0) is 26.0. The van der Waals surface area contributed by atoms with Crippen LogP contribution in [0.15, 0.2) is 104 Å². The zero-order valence-corrected chi connectivity index (χ0v) is 22.7. The monoisotopic (exact) mass is 592 g/mol. The van der Waals surface area contributed by atoms with Crippen molar-refractivity contribution in [1.29, 1.82) is 0 Å². The van der Waals surface area contributed by atoms with E-state index in [-0.39, 0.29) is 4.90 Å². The molecule has 0 atom stereocenters. The Labute approximate surface area is 226 Å². The number of nitrogens with one attached hydrogen (secondary N) is 2. The second kappa shape index (κ2) is 10.4. The molecule has 0 aliphatic rings. The average Bonchev–Trinajstić information content (AvgIpc) is 2.87. The molecule has 2 aromatic heterocycles. The average molecular weight is 594 g/mol. The maximum absolute atomic E-state index is 13.2. The molecule has 5 aromatic rings. The van der Waals surface area contributed by atoms with Gasteiger partial charge < -0.3 is 11.1 Å². The lowest BCUT2D eigenvalue weighted by Crippen LogP contribution is -2.13. The van der Waals surface area contributed by atoms with E-state index in [0.29, 0.717) is 28.5 Å². The molecule has 186 valence electrons. The predicted molar refractivity (Wildman–Crippen MR) is 152 cm³/mol. The molecule has 4 N–H and O–H groups in total. The Morgan fingerprint density at radius 2 is 1.68 bits per heavy atom. The molecule has 37 heavy (non-hydrogen) atoms. The summed E-state index contributed by atoms with van der Waals surface area (Å²) in [5, 5.41) is 4.04. The predicted octanol–water partition coefficient (Wildman–Crippen LogP) is 6.37.